The molecule has 2 saturated heterocycles. The van der Waals surface area contributed by atoms with Crippen molar-refractivity contribution in [2.24, 2.45) is 0 Å². The Morgan fingerprint density at radius 2 is 1.50 bits per heavy atom. The van der Waals surface area contributed by atoms with Crippen LogP contribution in [0.25, 0.3) is 0 Å². The van der Waals surface area contributed by atoms with Crippen LogP contribution in [0.1, 0.15) is 28.8 Å². The summed E-state index contributed by atoms with van der Waals surface area (Å²) in [5, 5.41) is 0. The second-order valence-corrected chi connectivity index (χ2v) is 9.09. The minimum atomic E-state index is -4.42. The Kier molecular flexibility index (Phi) is 5.30. The first-order valence-electron chi connectivity index (χ1n) is 8.57. The van der Waals surface area contributed by atoms with Gasteiger partial charge in [0.2, 0.25) is 0 Å². The number of amides is 1. The van der Waals surface area contributed by atoms with Gasteiger partial charge in [0, 0.05) is 37.8 Å². The largest absolute Gasteiger partial charge is 0.416 e. The number of piperazine rings is 1. The Labute approximate surface area is 150 Å². The van der Waals surface area contributed by atoms with E-state index in [1.807, 2.05) is 0 Å². The fraction of sp³-hybridized carbons (Fsp3) is 0.588. The summed E-state index contributed by atoms with van der Waals surface area (Å²) in [5.41, 5.74) is -0.527. The molecule has 2 heterocycles. The molecule has 2 aliphatic rings. The van der Waals surface area contributed by atoms with Gasteiger partial charge >= 0.3 is 6.18 Å². The Bertz CT molecular complexity index is 740. The van der Waals surface area contributed by atoms with Crippen molar-refractivity contribution in [3.63, 3.8) is 0 Å². The number of hydrogen-bond donors (Lipinski definition) is 0. The number of carbonyl (C=O) groups is 1. The Hall–Kier alpha value is -1.61. The number of halogens is 3. The lowest BCUT2D eigenvalue weighted by Crippen LogP contribution is -2.53. The Balaban J connectivity index is 1.55. The van der Waals surface area contributed by atoms with Gasteiger partial charge in [-0.05, 0) is 37.1 Å². The van der Waals surface area contributed by atoms with E-state index in [4.69, 9.17) is 0 Å². The number of sulfone groups is 1. The fourth-order valence-electron chi connectivity index (χ4n) is 3.52. The molecule has 0 unspecified atom stereocenters. The Morgan fingerprint density at radius 3 is 2.00 bits per heavy atom. The summed E-state index contributed by atoms with van der Waals surface area (Å²) in [4.78, 5) is 16.3. The molecule has 2 aliphatic heterocycles. The van der Waals surface area contributed by atoms with Crippen molar-refractivity contribution >= 4 is 15.7 Å². The third-order valence-electron chi connectivity index (χ3n) is 5.10. The van der Waals surface area contributed by atoms with Crippen molar-refractivity contribution in [3.05, 3.63) is 35.4 Å². The zero-order chi connectivity index (χ0) is 18.9. The van der Waals surface area contributed by atoms with Crippen LogP contribution in [0.3, 0.4) is 0 Å². The van der Waals surface area contributed by atoms with Crippen molar-refractivity contribution in [1.82, 2.24) is 9.80 Å². The number of alkyl halides is 3. The molecule has 5 nitrogen and oxygen atoms in total. The number of rotatable bonds is 2. The van der Waals surface area contributed by atoms with E-state index in [1.54, 1.807) is 4.90 Å². The van der Waals surface area contributed by atoms with Crippen LogP contribution in [-0.2, 0) is 16.0 Å². The Morgan fingerprint density at radius 1 is 0.962 bits per heavy atom. The summed E-state index contributed by atoms with van der Waals surface area (Å²) in [6, 6.07) is 4.49. The van der Waals surface area contributed by atoms with Gasteiger partial charge in [-0.1, -0.05) is 0 Å². The predicted molar refractivity (Wildman–Crippen MR) is 90.6 cm³/mol. The number of hydrogen-bond acceptors (Lipinski definition) is 4. The van der Waals surface area contributed by atoms with Crippen molar-refractivity contribution in [2.75, 3.05) is 37.7 Å². The average Bonchev–Trinajstić information content (AvgIpc) is 2.61. The normalized spacial score (nSPS) is 22.3. The molecule has 0 N–H and O–H groups in total. The highest BCUT2D eigenvalue weighted by Crippen LogP contribution is 2.29. The van der Waals surface area contributed by atoms with E-state index in [-0.39, 0.29) is 29.0 Å². The lowest BCUT2D eigenvalue weighted by molar-refractivity contribution is -0.137. The van der Waals surface area contributed by atoms with Crippen LogP contribution in [0.15, 0.2) is 24.3 Å². The van der Waals surface area contributed by atoms with E-state index in [2.05, 4.69) is 4.90 Å². The lowest BCUT2D eigenvalue weighted by Gasteiger charge is -2.40. The highest BCUT2D eigenvalue weighted by Gasteiger charge is 2.32. The highest BCUT2D eigenvalue weighted by molar-refractivity contribution is 7.91. The van der Waals surface area contributed by atoms with Gasteiger partial charge in [0.15, 0.2) is 0 Å². The maximum absolute atomic E-state index is 12.6. The molecular weight excluding hydrogens is 369 g/mol. The second-order valence-electron chi connectivity index (χ2n) is 6.79. The molecule has 1 aromatic carbocycles. The lowest BCUT2D eigenvalue weighted by atomic mass is 10.1. The van der Waals surface area contributed by atoms with Crippen LogP contribution >= 0.6 is 0 Å². The van der Waals surface area contributed by atoms with Gasteiger partial charge in [0.1, 0.15) is 9.84 Å². The third kappa shape index (κ3) is 4.37. The molecule has 26 heavy (non-hydrogen) atoms. The van der Waals surface area contributed by atoms with Gasteiger partial charge in [-0.3, -0.25) is 9.69 Å². The molecule has 0 aromatic heterocycles. The smallest absolute Gasteiger partial charge is 0.336 e. The summed E-state index contributed by atoms with van der Waals surface area (Å²) in [6.45, 7) is 2.28. The van der Waals surface area contributed by atoms with E-state index in [0.717, 1.165) is 12.1 Å². The molecule has 1 amide bonds. The molecule has 0 spiro atoms. The van der Waals surface area contributed by atoms with Gasteiger partial charge < -0.3 is 4.90 Å². The van der Waals surface area contributed by atoms with E-state index >= 15 is 0 Å². The van der Waals surface area contributed by atoms with Gasteiger partial charge in [-0.15, -0.1) is 0 Å². The van der Waals surface area contributed by atoms with E-state index < -0.39 is 21.6 Å². The molecule has 0 bridgehead atoms. The highest BCUT2D eigenvalue weighted by atomic mass is 32.2. The quantitative estimate of drug-likeness (QED) is 0.776. The second kappa shape index (κ2) is 7.19. The van der Waals surface area contributed by atoms with Crippen LogP contribution in [0.4, 0.5) is 13.2 Å². The van der Waals surface area contributed by atoms with Crippen molar-refractivity contribution in [2.45, 2.75) is 25.1 Å². The van der Waals surface area contributed by atoms with Crippen LogP contribution in [-0.4, -0.2) is 67.9 Å². The van der Waals surface area contributed by atoms with Gasteiger partial charge in [0.25, 0.3) is 5.91 Å². The molecule has 9 heteroatoms. The molecule has 3 rings (SSSR count). The van der Waals surface area contributed by atoms with Crippen molar-refractivity contribution < 1.29 is 26.4 Å². The molecule has 1 aromatic rings. The van der Waals surface area contributed by atoms with Gasteiger partial charge in [0.05, 0.1) is 17.1 Å². The number of benzene rings is 1. The van der Waals surface area contributed by atoms with Crippen LogP contribution in [0, 0.1) is 0 Å². The van der Waals surface area contributed by atoms with Crippen LogP contribution in [0.2, 0.25) is 0 Å². The maximum atomic E-state index is 12.6. The summed E-state index contributed by atoms with van der Waals surface area (Å²) in [7, 11) is -2.90. The summed E-state index contributed by atoms with van der Waals surface area (Å²) >= 11 is 0. The zero-order valence-electron chi connectivity index (χ0n) is 14.2. The molecule has 0 radical (unpaired) electrons. The molecule has 2 fully saturated rings. The third-order valence-corrected chi connectivity index (χ3v) is 6.82. The average molecular weight is 390 g/mol. The van der Waals surface area contributed by atoms with Gasteiger partial charge in [-0.2, -0.15) is 13.2 Å². The van der Waals surface area contributed by atoms with Crippen molar-refractivity contribution in [3.8, 4) is 0 Å². The summed E-state index contributed by atoms with van der Waals surface area (Å²) in [5.74, 6) is 0.148. The molecule has 144 valence electrons. The molecule has 0 saturated carbocycles. The first-order chi connectivity index (χ1) is 12.2. The summed E-state index contributed by atoms with van der Waals surface area (Å²) < 4.78 is 60.9. The monoisotopic (exact) mass is 390 g/mol. The van der Waals surface area contributed by atoms with Gasteiger partial charge in [-0.25, -0.2) is 8.42 Å². The standard InChI is InChI=1S/C17H21F3N2O3S/c18-17(19,20)14-3-1-13(2-4-14)16(23)22-9-7-21(8-10-22)15-5-11-26(24,25)12-6-15/h1-4,15H,5-12H2. The minimum Gasteiger partial charge on any atom is -0.336 e. The van der Waals surface area contributed by atoms with E-state index in [1.165, 1.54) is 12.1 Å². The zero-order valence-corrected chi connectivity index (χ0v) is 15.0. The topological polar surface area (TPSA) is 57.7 Å². The summed E-state index contributed by atoms with van der Waals surface area (Å²) in [6.07, 6.45) is -3.18. The number of carbonyl (C=O) groups excluding carboxylic acids is 1. The molecular formula is C17H21F3N2O3S. The molecule has 0 atom stereocenters. The van der Waals surface area contributed by atoms with E-state index in [9.17, 15) is 26.4 Å². The SMILES string of the molecule is O=C(c1ccc(C(F)(F)F)cc1)N1CCN(C2CCS(=O)(=O)CC2)CC1. The predicted octanol–water partition coefficient (Wildman–Crippen LogP) is 2.04. The van der Waals surface area contributed by atoms with E-state index in [0.29, 0.717) is 39.0 Å². The fourth-order valence-corrected chi connectivity index (χ4v) is 4.98. The maximum Gasteiger partial charge on any atom is 0.416 e. The van der Waals surface area contributed by atoms with Crippen molar-refractivity contribution in [1.29, 1.82) is 0 Å². The first kappa shape index (κ1) is 19.2. The molecule has 0 aliphatic carbocycles. The number of nitrogens with zero attached hydrogens (tertiary/aromatic N) is 2. The van der Waals surface area contributed by atoms with Crippen LogP contribution in [0.5, 0.6) is 0 Å². The minimum absolute atomic E-state index is 0.211. The first-order valence-corrected chi connectivity index (χ1v) is 10.4. The van der Waals surface area contributed by atoms with Crippen LogP contribution < -0.4 is 0 Å².